The van der Waals surface area contributed by atoms with Crippen molar-refractivity contribution in [2.24, 2.45) is 0 Å². The van der Waals surface area contributed by atoms with E-state index < -0.39 is 0 Å². The van der Waals surface area contributed by atoms with Gasteiger partial charge in [-0.05, 0) is 47.5 Å². The van der Waals surface area contributed by atoms with E-state index in [2.05, 4.69) is 46.5 Å². The number of nitrogens with one attached hydrogen (secondary N) is 2. The minimum atomic E-state index is -0.279. The highest BCUT2D eigenvalue weighted by molar-refractivity contribution is 5.89. The Hall–Kier alpha value is -2.44. The molecule has 1 aliphatic rings. The number of hydrogen-bond acceptors (Lipinski definition) is 4. The van der Waals surface area contributed by atoms with E-state index in [-0.39, 0.29) is 17.6 Å². The van der Waals surface area contributed by atoms with Gasteiger partial charge < -0.3 is 10.6 Å². The average Bonchev–Trinajstić information content (AvgIpc) is 3.28. The topological polar surface area (TPSA) is 84.7 Å². The van der Waals surface area contributed by atoms with Crippen molar-refractivity contribution in [3.63, 3.8) is 0 Å². The molecule has 0 radical (unpaired) electrons. The summed E-state index contributed by atoms with van der Waals surface area (Å²) in [6, 6.07) is -0.430. The number of urea groups is 1. The summed E-state index contributed by atoms with van der Waals surface area (Å²) in [6.45, 7) is 10.2. The highest BCUT2D eigenvalue weighted by Gasteiger charge is 2.26. The van der Waals surface area contributed by atoms with Crippen LogP contribution in [0.25, 0.3) is 0 Å². The number of anilines is 1. The molecule has 134 valence electrons. The molecule has 0 unspecified atom stereocenters. The van der Waals surface area contributed by atoms with Gasteiger partial charge in [0.25, 0.3) is 0 Å². The molecule has 0 aromatic carbocycles. The van der Waals surface area contributed by atoms with Crippen molar-refractivity contribution in [3.05, 3.63) is 35.7 Å². The van der Waals surface area contributed by atoms with Crippen LogP contribution in [0, 0.1) is 6.92 Å². The van der Waals surface area contributed by atoms with Gasteiger partial charge >= 0.3 is 6.03 Å². The number of nitrogens with zero attached hydrogens (tertiary/aromatic N) is 4. The second-order valence-electron chi connectivity index (χ2n) is 7.71. The summed E-state index contributed by atoms with van der Waals surface area (Å²) in [5.41, 5.74) is 2.42. The molecule has 1 atom stereocenters. The Balaban J connectivity index is 1.61. The highest BCUT2D eigenvalue weighted by atomic mass is 16.2. The van der Waals surface area contributed by atoms with E-state index in [1.807, 2.05) is 24.7 Å². The van der Waals surface area contributed by atoms with E-state index in [0.717, 1.165) is 29.9 Å². The van der Waals surface area contributed by atoms with Crippen molar-refractivity contribution in [3.8, 4) is 0 Å². The number of rotatable bonds is 4. The number of carbonyl (C=O) groups is 1. The normalized spacial score (nSPS) is 15.7. The van der Waals surface area contributed by atoms with Crippen molar-refractivity contribution >= 4 is 11.7 Å². The van der Waals surface area contributed by atoms with Gasteiger partial charge in [-0.25, -0.2) is 14.8 Å². The molecule has 3 rings (SSSR count). The molecule has 1 fully saturated rings. The molecular formula is C18H26N6O. The molecule has 25 heavy (non-hydrogen) atoms. The van der Waals surface area contributed by atoms with Gasteiger partial charge in [0.1, 0.15) is 5.82 Å². The molecule has 2 aromatic rings. The fourth-order valence-electron chi connectivity index (χ4n) is 2.64. The van der Waals surface area contributed by atoms with Gasteiger partial charge in [-0.2, -0.15) is 5.10 Å². The van der Waals surface area contributed by atoms with Crippen molar-refractivity contribution in [2.45, 2.75) is 65.0 Å². The average molecular weight is 342 g/mol. The van der Waals surface area contributed by atoms with E-state index in [1.165, 1.54) is 0 Å². The van der Waals surface area contributed by atoms with Gasteiger partial charge in [-0.1, -0.05) is 0 Å². The van der Waals surface area contributed by atoms with Crippen LogP contribution in [0.1, 0.15) is 69.6 Å². The molecule has 1 saturated carbocycles. The predicted molar refractivity (Wildman–Crippen MR) is 96.5 cm³/mol. The van der Waals surface area contributed by atoms with Crippen LogP contribution >= 0.6 is 0 Å². The molecule has 2 amide bonds. The third-order valence-corrected chi connectivity index (χ3v) is 4.31. The van der Waals surface area contributed by atoms with Crippen LogP contribution < -0.4 is 10.6 Å². The summed E-state index contributed by atoms with van der Waals surface area (Å²) in [4.78, 5) is 20.9. The van der Waals surface area contributed by atoms with Crippen molar-refractivity contribution in [1.29, 1.82) is 0 Å². The number of aryl methyl sites for hydroxylation is 1. The van der Waals surface area contributed by atoms with Crippen LogP contribution in [0.5, 0.6) is 0 Å². The zero-order valence-corrected chi connectivity index (χ0v) is 15.5. The quantitative estimate of drug-likeness (QED) is 0.890. The molecule has 7 nitrogen and oxygen atoms in total. The highest BCUT2D eigenvalue weighted by Crippen LogP contribution is 2.37. The van der Waals surface area contributed by atoms with Gasteiger partial charge in [0, 0.05) is 17.7 Å². The Kier molecular flexibility index (Phi) is 4.49. The standard InChI is InChI=1S/C18H26N6O/c1-11(15-10-24(18(3,4)5)23-12(15)2)21-17(25)22-14-8-19-16(20-9-14)13-6-7-13/h8-11,13H,6-7H2,1-5H3,(H2,21,22,25)/t11-/m0/s1. The molecule has 0 bridgehead atoms. The molecule has 7 heteroatoms. The van der Waals surface area contributed by atoms with Crippen molar-refractivity contribution in [1.82, 2.24) is 25.1 Å². The Morgan fingerprint density at radius 3 is 2.44 bits per heavy atom. The molecule has 0 spiro atoms. The zero-order chi connectivity index (χ0) is 18.2. The van der Waals surface area contributed by atoms with Crippen LogP contribution in [0.15, 0.2) is 18.6 Å². The molecule has 2 N–H and O–H groups in total. The third kappa shape index (κ3) is 4.15. The van der Waals surface area contributed by atoms with Crippen LogP contribution in [0.2, 0.25) is 0 Å². The molecular weight excluding hydrogens is 316 g/mol. The van der Waals surface area contributed by atoms with Gasteiger partial charge in [0.2, 0.25) is 0 Å². The number of amides is 2. The van der Waals surface area contributed by atoms with Crippen molar-refractivity contribution in [2.75, 3.05) is 5.32 Å². The van der Waals surface area contributed by atoms with Gasteiger partial charge in [-0.15, -0.1) is 0 Å². The fourth-order valence-corrected chi connectivity index (χ4v) is 2.64. The zero-order valence-electron chi connectivity index (χ0n) is 15.5. The van der Waals surface area contributed by atoms with E-state index in [9.17, 15) is 4.79 Å². The maximum absolute atomic E-state index is 12.2. The maximum Gasteiger partial charge on any atom is 0.319 e. The van der Waals surface area contributed by atoms with Gasteiger partial charge in [0.05, 0.1) is 35.4 Å². The summed E-state index contributed by atoms with van der Waals surface area (Å²) in [6.07, 6.45) is 7.63. The Labute approximate surface area is 148 Å². The fraction of sp³-hybridized carbons (Fsp3) is 0.556. The van der Waals surface area contributed by atoms with Gasteiger partial charge in [0.15, 0.2) is 0 Å². The maximum atomic E-state index is 12.2. The summed E-state index contributed by atoms with van der Waals surface area (Å²) >= 11 is 0. The number of hydrogen-bond donors (Lipinski definition) is 2. The largest absolute Gasteiger partial charge is 0.331 e. The van der Waals surface area contributed by atoms with Crippen molar-refractivity contribution < 1.29 is 4.79 Å². The summed E-state index contributed by atoms with van der Waals surface area (Å²) < 4.78 is 1.93. The molecule has 2 aromatic heterocycles. The predicted octanol–water partition coefficient (Wildman–Crippen LogP) is 3.50. The van der Waals surface area contributed by atoms with E-state index >= 15 is 0 Å². The SMILES string of the molecule is Cc1nn(C(C)(C)C)cc1[C@H](C)NC(=O)Nc1cnc(C2CC2)nc1. The second-order valence-corrected chi connectivity index (χ2v) is 7.71. The lowest BCUT2D eigenvalue weighted by Crippen LogP contribution is -2.31. The molecule has 0 aliphatic heterocycles. The van der Waals surface area contributed by atoms with Gasteiger partial charge in [-0.3, -0.25) is 4.68 Å². The smallest absolute Gasteiger partial charge is 0.319 e. The first kappa shape index (κ1) is 17.4. The van der Waals surface area contributed by atoms with E-state index in [0.29, 0.717) is 11.6 Å². The van der Waals surface area contributed by atoms with Crippen LogP contribution in [0.4, 0.5) is 10.5 Å². The summed E-state index contributed by atoms with van der Waals surface area (Å²) in [5.74, 6) is 1.37. The lowest BCUT2D eigenvalue weighted by Gasteiger charge is -2.19. The summed E-state index contributed by atoms with van der Waals surface area (Å²) in [5, 5.41) is 10.3. The summed E-state index contributed by atoms with van der Waals surface area (Å²) in [7, 11) is 0. The minimum absolute atomic E-state index is 0.0916. The third-order valence-electron chi connectivity index (χ3n) is 4.31. The Morgan fingerprint density at radius 2 is 1.92 bits per heavy atom. The van der Waals surface area contributed by atoms with E-state index in [1.54, 1.807) is 12.4 Å². The molecule has 2 heterocycles. The Morgan fingerprint density at radius 1 is 1.28 bits per heavy atom. The monoisotopic (exact) mass is 342 g/mol. The number of aromatic nitrogens is 4. The van der Waals surface area contributed by atoms with Crippen LogP contribution in [-0.4, -0.2) is 25.8 Å². The second kappa shape index (κ2) is 6.46. The Bertz CT molecular complexity index is 755. The van der Waals surface area contributed by atoms with E-state index in [4.69, 9.17) is 0 Å². The first-order chi connectivity index (χ1) is 11.7. The molecule has 0 saturated heterocycles. The number of carbonyl (C=O) groups excluding carboxylic acids is 1. The molecule has 1 aliphatic carbocycles. The lowest BCUT2D eigenvalue weighted by atomic mass is 10.1. The lowest BCUT2D eigenvalue weighted by molar-refractivity contribution is 0.249. The first-order valence-electron chi connectivity index (χ1n) is 8.70. The minimum Gasteiger partial charge on any atom is -0.331 e. The van der Waals surface area contributed by atoms with Crippen LogP contribution in [0.3, 0.4) is 0 Å². The van der Waals surface area contributed by atoms with Crippen LogP contribution in [-0.2, 0) is 5.54 Å². The first-order valence-corrected chi connectivity index (χ1v) is 8.70.